The first-order valence-corrected chi connectivity index (χ1v) is 8.51. The van der Waals surface area contributed by atoms with Gasteiger partial charge in [-0.15, -0.1) is 0 Å². The number of carbonyl (C=O) groups is 1. The van der Waals surface area contributed by atoms with Gasteiger partial charge in [0.1, 0.15) is 5.82 Å². The van der Waals surface area contributed by atoms with Crippen molar-refractivity contribution in [3.8, 4) is 0 Å². The molecule has 1 saturated heterocycles. The molecule has 3 heterocycles. The van der Waals surface area contributed by atoms with Crippen molar-refractivity contribution in [1.29, 1.82) is 0 Å². The Hall–Kier alpha value is -2.76. The van der Waals surface area contributed by atoms with Gasteiger partial charge in [0.15, 0.2) is 5.65 Å². The van der Waals surface area contributed by atoms with Crippen molar-refractivity contribution < 1.29 is 9.18 Å². The number of rotatable bonds is 3. The number of aromatic amines is 1. The number of pyridine rings is 1. The molecule has 25 heavy (non-hydrogen) atoms. The molecule has 1 fully saturated rings. The monoisotopic (exact) mass is 338 g/mol. The molecule has 0 aliphatic carbocycles. The molecule has 1 atom stereocenters. The number of fused-ring (bicyclic) bond motifs is 1. The van der Waals surface area contributed by atoms with Gasteiger partial charge in [0, 0.05) is 30.1 Å². The summed E-state index contributed by atoms with van der Waals surface area (Å²) in [5, 5.41) is 7.88. The van der Waals surface area contributed by atoms with E-state index in [-0.39, 0.29) is 24.1 Å². The van der Waals surface area contributed by atoms with E-state index in [4.69, 9.17) is 0 Å². The Morgan fingerprint density at radius 1 is 1.32 bits per heavy atom. The van der Waals surface area contributed by atoms with Gasteiger partial charge in [-0.1, -0.05) is 12.1 Å². The molecule has 1 N–H and O–H groups in total. The average Bonchev–Trinajstić information content (AvgIpc) is 3.09. The third-order valence-electron chi connectivity index (χ3n) is 4.76. The maximum Gasteiger partial charge on any atom is 0.227 e. The van der Waals surface area contributed by atoms with Crippen LogP contribution in [0.1, 0.15) is 30.0 Å². The van der Waals surface area contributed by atoms with Crippen LogP contribution in [0.25, 0.3) is 11.0 Å². The zero-order valence-electron chi connectivity index (χ0n) is 13.8. The quantitative estimate of drug-likeness (QED) is 0.798. The van der Waals surface area contributed by atoms with Crippen LogP contribution in [0.15, 0.2) is 42.6 Å². The maximum absolute atomic E-state index is 13.3. The lowest BCUT2D eigenvalue weighted by atomic mass is 9.93. The molecule has 4 rings (SSSR count). The standard InChI is InChI=1S/C19H19FN4O/c20-16-5-1-3-13(9-16)10-18(25)24-8-2-4-15(12-24)17-7-6-14-11-21-23-19(14)22-17/h1,3,5-7,9,11,15H,2,4,8,10,12H2,(H,21,22,23)/t15-/m1/s1. The number of nitrogens with one attached hydrogen (secondary N) is 1. The second kappa shape index (κ2) is 6.63. The van der Waals surface area contributed by atoms with E-state index in [0.717, 1.165) is 36.1 Å². The van der Waals surface area contributed by atoms with E-state index < -0.39 is 0 Å². The van der Waals surface area contributed by atoms with Gasteiger partial charge >= 0.3 is 0 Å². The van der Waals surface area contributed by atoms with Crippen molar-refractivity contribution in [2.24, 2.45) is 0 Å². The number of amides is 1. The minimum absolute atomic E-state index is 0.0397. The molecule has 3 aromatic rings. The van der Waals surface area contributed by atoms with Gasteiger partial charge in [-0.05, 0) is 42.7 Å². The molecule has 0 saturated carbocycles. The first-order valence-electron chi connectivity index (χ1n) is 8.51. The number of benzene rings is 1. The summed E-state index contributed by atoms with van der Waals surface area (Å²) in [5.41, 5.74) is 2.48. The number of nitrogens with zero attached hydrogens (tertiary/aromatic N) is 3. The molecule has 1 amide bonds. The summed E-state index contributed by atoms with van der Waals surface area (Å²) in [6.45, 7) is 1.40. The zero-order valence-corrected chi connectivity index (χ0v) is 13.8. The summed E-state index contributed by atoms with van der Waals surface area (Å²) in [7, 11) is 0. The molecule has 2 aromatic heterocycles. The largest absolute Gasteiger partial charge is 0.342 e. The second-order valence-electron chi connectivity index (χ2n) is 6.53. The van der Waals surface area contributed by atoms with Crippen LogP contribution < -0.4 is 0 Å². The highest BCUT2D eigenvalue weighted by Gasteiger charge is 2.25. The third-order valence-corrected chi connectivity index (χ3v) is 4.76. The summed E-state index contributed by atoms with van der Waals surface area (Å²) in [5.74, 6) is -0.0466. The predicted octanol–water partition coefficient (Wildman–Crippen LogP) is 3.05. The van der Waals surface area contributed by atoms with Crippen LogP contribution in [-0.4, -0.2) is 39.1 Å². The van der Waals surface area contributed by atoms with Crippen LogP contribution in [0, 0.1) is 5.82 Å². The maximum atomic E-state index is 13.3. The van der Waals surface area contributed by atoms with Gasteiger partial charge in [0.2, 0.25) is 5.91 Å². The summed E-state index contributed by atoms with van der Waals surface area (Å²) in [6, 6.07) is 10.3. The van der Waals surface area contributed by atoms with Crippen molar-refractivity contribution in [1.82, 2.24) is 20.1 Å². The number of aromatic nitrogens is 3. The normalized spacial score (nSPS) is 17.8. The van der Waals surface area contributed by atoms with Gasteiger partial charge in [-0.3, -0.25) is 9.89 Å². The van der Waals surface area contributed by atoms with E-state index in [9.17, 15) is 9.18 Å². The molecule has 1 aliphatic rings. The highest BCUT2D eigenvalue weighted by atomic mass is 19.1. The minimum atomic E-state index is -0.307. The van der Waals surface area contributed by atoms with Gasteiger partial charge in [0.05, 0.1) is 12.6 Å². The molecule has 6 heteroatoms. The fraction of sp³-hybridized carbons (Fsp3) is 0.316. The van der Waals surface area contributed by atoms with Gasteiger partial charge in [-0.25, -0.2) is 9.37 Å². The molecule has 0 spiro atoms. The summed E-state index contributed by atoms with van der Waals surface area (Å²) >= 11 is 0. The number of halogens is 1. The van der Waals surface area contributed by atoms with Crippen LogP contribution in [-0.2, 0) is 11.2 Å². The number of carbonyl (C=O) groups excluding carboxylic acids is 1. The average molecular weight is 338 g/mol. The Kier molecular flexibility index (Phi) is 4.17. The lowest BCUT2D eigenvalue weighted by Crippen LogP contribution is -2.40. The molecule has 128 valence electrons. The Morgan fingerprint density at radius 3 is 3.12 bits per heavy atom. The van der Waals surface area contributed by atoms with E-state index in [1.165, 1.54) is 12.1 Å². The lowest BCUT2D eigenvalue weighted by molar-refractivity contribution is -0.131. The molecule has 5 nitrogen and oxygen atoms in total. The van der Waals surface area contributed by atoms with E-state index in [1.54, 1.807) is 18.3 Å². The fourth-order valence-corrected chi connectivity index (χ4v) is 3.45. The highest BCUT2D eigenvalue weighted by molar-refractivity contribution is 5.79. The molecule has 0 unspecified atom stereocenters. The smallest absolute Gasteiger partial charge is 0.227 e. The molecule has 1 aromatic carbocycles. The number of piperidine rings is 1. The Morgan fingerprint density at radius 2 is 2.24 bits per heavy atom. The summed E-state index contributed by atoms with van der Waals surface area (Å²) in [4.78, 5) is 19.1. The zero-order chi connectivity index (χ0) is 17.2. The molecular formula is C19H19FN4O. The number of hydrogen-bond donors (Lipinski definition) is 1. The molecule has 0 bridgehead atoms. The Balaban J connectivity index is 1.47. The minimum Gasteiger partial charge on any atom is -0.342 e. The van der Waals surface area contributed by atoms with Crippen molar-refractivity contribution in [3.63, 3.8) is 0 Å². The number of likely N-dealkylation sites (tertiary alicyclic amines) is 1. The SMILES string of the molecule is O=C(Cc1cccc(F)c1)N1CCC[C@@H](c2ccc3cn[nH]c3n2)C1. The van der Waals surface area contributed by atoms with Crippen molar-refractivity contribution >= 4 is 16.9 Å². The van der Waals surface area contributed by atoms with E-state index in [1.807, 2.05) is 17.0 Å². The Bertz CT molecular complexity index is 907. The lowest BCUT2D eigenvalue weighted by Gasteiger charge is -2.32. The van der Waals surface area contributed by atoms with Crippen LogP contribution in [0.5, 0.6) is 0 Å². The van der Waals surface area contributed by atoms with Crippen molar-refractivity contribution in [3.05, 3.63) is 59.7 Å². The van der Waals surface area contributed by atoms with E-state index >= 15 is 0 Å². The van der Waals surface area contributed by atoms with Gasteiger partial charge in [-0.2, -0.15) is 5.10 Å². The first-order chi connectivity index (χ1) is 12.2. The predicted molar refractivity (Wildman–Crippen MR) is 92.5 cm³/mol. The first kappa shape index (κ1) is 15.7. The fourth-order valence-electron chi connectivity index (χ4n) is 3.45. The summed E-state index contributed by atoms with van der Waals surface area (Å²) < 4.78 is 13.3. The molecule has 1 aliphatic heterocycles. The van der Waals surface area contributed by atoms with E-state index in [0.29, 0.717) is 12.1 Å². The van der Waals surface area contributed by atoms with Crippen molar-refractivity contribution in [2.45, 2.75) is 25.2 Å². The van der Waals surface area contributed by atoms with Gasteiger partial charge in [0.25, 0.3) is 0 Å². The highest BCUT2D eigenvalue weighted by Crippen LogP contribution is 2.27. The van der Waals surface area contributed by atoms with Crippen molar-refractivity contribution in [2.75, 3.05) is 13.1 Å². The van der Waals surface area contributed by atoms with Crippen LogP contribution in [0.4, 0.5) is 4.39 Å². The third kappa shape index (κ3) is 3.38. The second-order valence-corrected chi connectivity index (χ2v) is 6.53. The van der Waals surface area contributed by atoms with Crippen LogP contribution in [0.2, 0.25) is 0 Å². The van der Waals surface area contributed by atoms with E-state index in [2.05, 4.69) is 15.2 Å². The van der Waals surface area contributed by atoms with Crippen LogP contribution >= 0.6 is 0 Å². The Labute approximate surface area is 144 Å². The van der Waals surface area contributed by atoms with Gasteiger partial charge < -0.3 is 4.90 Å². The summed E-state index contributed by atoms with van der Waals surface area (Å²) in [6.07, 6.45) is 3.94. The number of H-pyrrole nitrogens is 1. The number of hydrogen-bond acceptors (Lipinski definition) is 3. The molecule has 0 radical (unpaired) electrons. The topological polar surface area (TPSA) is 61.9 Å². The molecular weight excluding hydrogens is 319 g/mol. The van der Waals surface area contributed by atoms with Crippen LogP contribution in [0.3, 0.4) is 0 Å².